The van der Waals surface area contributed by atoms with Crippen molar-refractivity contribution in [3.8, 4) is 22.3 Å². The maximum Gasteiger partial charge on any atom is 0.0397 e. The van der Waals surface area contributed by atoms with Crippen LogP contribution < -0.4 is 5.73 Å². The summed E-state index contributed by atoms with van der Waals surface area (Å²) in [5, 5.41) is 0. The topological polar surface area (TPSA) is 26.0 Å². The highest BCUT2D eigenvalue weighted by Gasteiger charge is 2.23. The van der Waals surface area contributed by atoms with Gasteiger partial charge in [-0.05, 0) is 51.3 Å². The molecule has 0 fully saturated rings. The monoisotopic (exact) mass is 313 g/mol. The molecule has 1 heteroatoms. The molecule has 0 aliphatic heterocycles. The first-order valence-electron chi connectivity index (χ1n) is 8.56. The molecule has 0 saturated carbocycles. The Labute approximate surface area is 144 Å². The first kappa shape index (κ1) is 15.0. The number of benzene rings is 3. The van der Waals surface area contributed by atoms with Gasteiger partial charge < -0.3 is 5.73 Å². The Kier molecular flexibility index (Phi) is 3.28. The van der Waals surface area contributed by atoms with E-state index >= 15 is 0 Å². The van der Waals surface area contributed by atoms with Crippen LogP contribution in [0.3, 0.4) is 0 Å². The molecule has 24 heavy (non-hydrogen) atoms. The highest BCUT2D eigenvalue weighted by Crippen LogP contribution is 2.44. The molecule has 0 spiro atoms. The summed E-state index contributed by atoms with van der Waals surface area (Å²) in [5.41, 5.74) is 16.6. The van der Waals surface area contributed by atoms with Crippen molar-refractivity contribution in [2.24, 2.45) is 0 Å². The maximum absolute atomic E-state index is 6.38. The van der Waals surface area contributed by atoms with Crippen molar-refractivity contribution < 1.29 is 0 Å². The van der Waals surface area contributed by atoms with Gasteiger partial charge in [0.1, 0.15) is 0 Å². The van der Waals surface area contributed by atoms with Gasteiger partial charge in [-0.1, -0.05) is 75.4 Å². The maximum atomic E-state index is 6.38. The molecule has 4 rings (SSSR count). The van der Waals surface area contributed by atoms with Crippen LogP contribution in [-0.2, 0) is 11.8 Å². The van der Waals surface area contributed by atoms with Crippen LogP contribution in [0.25, 0.3) is 22.3 Å². The molecule has 0 atom stereocenters. The molecule has 1 aliphatic rings. The Morgan fingerprint density at radius 2 is 1.50 bits per heavy atom. The Balaban J connectivity index is 1.86. The predicted octanol–water partition coefficient (Wildman–Crippen LogP) is 5.80. The number of hydrogen-bond donors (Lipinski definition) is 1. The third-order valence-corrected chi connectivity index (χ3v) is 5.06. The Hall–Kier alpha value is -2.54. The van der Waals surface area contributed by atoms with Gasteiger partial charge in [0.05, 0.1) is 0 Å². The fourth-order valence-electron chi connectivity index (χ4n) is 3.71. The molecule has 1 nitrogen and oxygen atoms in total. The first-order chi connectivity index (χ1) is 11.4. The summed E-state index contributed by atoms with van der Waals surface area (Å²) >= 11 is 0. The Morgan fingerprint density at radius 1 is 0.792 bits per heavy atom. The molecular weight excluding hydrogens is 290 g/mol. The van der Waals surface area contributed by atoms with Crippen molar-refractivity contribution in [1.82, 2.24) is 0 Å². The second-order valence-corrected chi connectivity index (χ2v) is 7.72. The van der Waals surface area contributed by atoms with Gasteiger partial charge in [0.2, 0.25) is 0 Å². The van der Waals surface area contributed by atoms with Crippen molar-refractivity contribution >= 4 is 5.69 Å². The summed E-state index contributed by atoms with van der Waals surface area (Å²) in [6.45, 7) is 6.73. The quantitative estimate of drug-likeness (QED) is 0.441. The summed E-state index contributed by atoms with van der Waals surface area (Å²) in [6.07, 6.45) is 0.965. The third kappa shape index (κ3) is 2.32. The summed E-state index contributed by atoms with van der Waals surface area (Å²) < 4.78 is 0. The SMILES string of the molecule is CC(C)(C)c1ccc(-c2c(N)ccc3c2Cc2ccccc2-3)cc1. The summed E-state index contributed by atoms with van der Waals surface area (Å²) in [5.74, 6) is 0. The fraction of sp³-hybridized carbons (Fsp3) is 0.217. The van der Waals surface area contributed by atoms with E-state index < -0.39 is 0 Å². The zero-order valence-corrected chi connectivity index (χ0v) is 14.6. The normalized spacial score (nSPS) is 12.8. The van der Waals surface area contributed by atoms with Gasteiger partial charge >= 0.3 is 0 Å². The van der Waals surface area contributed by atoms with E-state index in [0.717, 1.165) is 12.1 Å². The highest BCUT2D eigenvalue weighted by atomic mass is 14.6. The minimum absolute atomic E-state index is 0.166. The molecule has 0 aromatic heterocycles. The number of rotatable bonds is 1. The van der Waals surface area contributed by atoms with Crippen LogP contribution in [0.2, 0.25) is 0 Å². The second kappa shape index (κ2) is 5.24. The summed E-state index contributed by atoms with van der Waals surface area (Å²) in [7, 11) is 0. The Morgan fingerprint density at radius 3 is 2.21 bits per heavy atom. The van der Waals surface area contributed by atoms with Gasteiger partial charge in [-0.3, -0.25) is 0 Å². The summed E-state index contributed by atoms with van der Waals surface area (Å²) in [6, 6.07) is 21.8. The zero-order chi connectivity index (χ0) is 16.9. The average Bonchev–Trinajstić information content (AvgIpc) is 2.92. The molecular formula is C23H23N. The van der Waals surface area contributed by atoms with Gasteiger partial charge in [-0.25, -0.2) is 0 Å². The van der Waals surface area contributed by atoms with Crippen molar-refractivity contribution in [2.75, 3.05) is 5.73 Å². The molecule has 0 heterocycles. The van der Waals surface area contributed by atoms with Crippen LogP contribution >= 0.6 is 0 Å². The van der Waals surface area contributed by atoms with E-state index in [4.69, 9.17) is 5.73 Å². The number of nitrogen functional groups attached to an aromatic ring is 1. The molecule has 0 radical (unpaired) electrons. The van der Waals surface area contributed by atoms with Gasteiger partial charge in [-0.15, -0.1) is 0 Å². The molecule has 120 valence electrons. The van der Waals surface area contributed by atoms with Gasteiger partial charge in [0.25, 0.3) is 0 Å². The van der Waals surface area contributed by atoms with Crippen LogP contribution in [0.1, 0.15) is 37.5 Å². The predicted molar refractivity (Wildman–Crippen MR) is 103 cm³/mol. The van der Waals surface area contributed by atoms with Crippen molar-refractivity contribution in [3.05, 3.63) is 77.4 Å². The third-order valence-electron chi connectivity index (χ3n) is 5.06. The van der Waals surface area contributed by atoms with Crippen molar-refractivity contribution in [3.63, 3.8) is 0 Å². The van der Waals surface area contributed by atoms with Crippen LogP contribution in [0.5, 0.6) is 0 Å². The number of anilines is 1. The number of nitrogens with two attached hydrogens (primary N) is 1. The molecule has 0 amide bonds. The average molecular weight is 313 g/mol. The Bertz CT molecular complexity index is 912. The molecule has 0 saturated heterocycles. The fourth-order valence-corrected chi connectivity index (χ4v) is 3.71. The van der Waals surface area contributed by atoms with Crippen LogP contribution in [0.4, 0.5) is 5.69 Å². The van der Waals surface area contributed by atoms with Crippen LogP contribution in [0.15, 0.2) is 60.7 Å². The lowest BCUT2D eigenvalue weighted by molar-refractivity contribution is 0.590. The van der Waals surface area contributed by atoms with Crippen LogP contribution in [0, 0.1) is 0 Å². The van der Waals surface area contributed by atoms with E-state index in [1.807, 2.05) is 6.07 Å². The van der Waals surface area contributed by atoms with Gasteiger partial charge in [-0.2, -0.15) is 0 Å². The first-order valence-corrected chi connectivity index (χ1v) is 8.56. The minimum atomic E-state index is 0.166. The lowest BCUT2D eigenvalue weighted by Crippen LogP contribution is -2.10. The molecule has 0 bridgehead atoms. The molecule has 3 aromatic rings. The summed E-state index contributed by atoms with van der Waals surface area (Å²) in [4.78, 5) is 0. The lowest BCUT2D eigenvalue weighted by Gasteiger charge is -2.20. The standard InChI is InChI=1S/C23H23N/c1-23(2,3)17-10-8-15(9-11-17)22-20-14-16-6-4-5-7-18(16)19(20)12-13-21(22)24/h4-13H,14,24H2,1-3H3. The van der Waals surface area contributed by atoms with Crippen LogP contribution in [-0.4, -0.2) is 0 Å². The second-order valence-electron chi connectivity index (χ2n) is 7.72. The lowest BCUT2D eigenvalue weighted by atomic mass is 9.85. The van der Waals surface area contributed by atoms with E-state index in [9.17, 15) is 0 Å². The van der Waals surface area contributed by atoms with E-state index in [1.54, 1.807) is 0 Å². The number of hydrogen-bond acceptors (Lipinski definition) is 1. The molecule has 0 unspecified atom stereocenters. The van der Waals surface area contributed by atoms with Crippen molar-refractivity contribution in [2.45, 2.75) is 32.6 Å². The largest absolute Gasteiger partial charge is 0.398 e. The minimum Gasteiger partial charge on any atom is -0.398 e. The molecule has 3 aromatic carbocycles. The highest BCUT2D eigenvalue weighted by molar-refractivity contribution is 5.90. The van der Waals surface area contributed by atoms with E-state index in [1.165, 1.54) is 38.9 Å². The van der Waals surface area contributed by atoms with Crippen molar-refractivity contribution in [1.29, 1.82) is 0 Å². The smallest absolute Gasteiger partial charge is 0.0397 e. The van der Waals surface area contributed by atoms with E-state index in [0.29, 0.717) is 0 Å². The van der Waals surface area contributed by atoms with E-state index in [-0.39, 0.29) is 5.41 Å². The zero-order valence-electron chi connectivity index (χ0n) is 14.6. The van der Waals surface area contributed by atoms with Gasteiger partial charge in [0.15, 0.2) is 0 Å². The van der Waals surface area contributed by atoms with Gasteiger partial charge in [0, 0.05) is 11.3 Å². The van der Waals surface area contributed by atoms with E-state index in [2.05, 4.69) is 75.4 Å². The number of fused-ring (bicyclic) bond motifs is 3. The molecule has 2 N–H and O–H groups in total. The molecule has 1 aliphatic carbocycles.